The molecular weight excluding hydrogens is 386 g/mol. The molecule has 2 heterocycles. The van der Waals surface area contributed by atoms with Crippen LogP contribution in [-0.4, -0.2) is 20.7 Å². The number of nitrogen functional groups attached to an aromatic ring is 1. The Labute approximate surface area is 181 Å². The summed E-state index contributed by atoms with van der Waals surface area (Å²) in [4.78, 5) is 12.3. The van der Waals surface area contributed by atoms with Gasteiger partial charge in [-0.25, -0.2) is 4.68 Å². The van der Waals surface area contributed by atoms with E-state index < -0.39 is 0 Å². The monoisotopic (exact) mass is 411 g/mol. The lowest BCUT2D eigenvalue weighted by Gasteiger charge is -2.05. The summed E-state index contributed by atoms with van der Waals surface area (Å²) in [7, 11) is 0. The Morgan fingerprint density at radius 3 is 2.48 bits per heavy atom. The normalized spacial score (nSPS) is 11.3. The zero-order valence-electron chi connectivity index (χ0n) is 17.9. The third kappa shape index (κ3) is 4.19. The Morgan fingerprint density at radius 2 is 1.81 bits per heavy atom. The van der Waals surface area contributed by atoms with Gasteiger partial charge in [-0.3, -0.25) is 4.79 Å². The van der Waals surface area contributed by atoms with Crippen molar-refractivity contribution in [3.63, 3.8) is 0 Å². The highest BCUT2D eigenvalue weighted by Crippen LogP contribution is 2.24. The Balaban J connectivity index is 1.83. The van der Waals surface area contributed by atoms with E-state index >= 15 is 0 Å². The van der Waals surface area contributed by atoms with Gasteiger partial charge in [0.1, 0.15) is 11.5 Å². The van der Waals surface area contributed by atoms with Crippen LogP contribution in [0, 0.1) is 13.8 Å². The number of pyridine rings is 1. The van der Waals surface area contributed by atoms with Crippen molar-refractivity contribution in [2.75, 3.05) is 5.73 Å². The Bertz CT molecular complexity index is 1310. The minimum atomic E-state index is -0.270. The van der Waals surface area contributed by atoms with Crippen molar-refractivity contribution in [1.82, 2.24) is 14.5 Å². The predicted molar refractivity (Wildman–Crippen MR) is 126 cm³/mol. The van der Waals surface area contributed by atoms with E-state index in [0.717, 1.165) is 40.1 Å². The molecule has 0 fully saturated rings. The van der Waals surface area contributed by atoms with Gasteiger partial charge in [-0.15, -0.1) is 0 Å². The lowest BCUT2D eigenvalue weighted by molar-refractivity contribution is 0.843. The van der Waals surface area contributed by atoms with E-state index in [4.69, 9.17) is 10.8 Å². The number of nitrogens with zero attached hydrogens (tertiary/aromatic N) is 4. The maximum atomic E-state index is 12.3. The molecule has 6 heteroatoms. The third-order valence-electron chi connectivity index (χ3n) is 5.23. The van der Waals surface area contributed by atoms with Crippen molar-refractivity contribution >= 4 is 12.0 Å². The molecule has 0 saturated carbocycles. The fourth-order valence-corrected chi connectivity index (χ4v) is 3.51. The van der Waals surface area contributed by atoms with E-state index in [-0.39, 0.29) is 5.56 Å². The lowest BCUT2D eigenvalue weighted by Crippen LogP contribution is -2.19. The summed E-state index contributed by atoms with van der Waals surface area (Å²) in [5.41, 5.74) is 12.5. The summed E-state index contributed by atoms with van der Waals surface area (Å²) >= 11 is 0. The maximum absolute atomic E-state index is 12.3. The fraction of sp³-hybridized carbons (Fsp3) is 0.160. The van der Waals surface area contributed by atoms with Gasteiger partial charge in [0.25, 0.3) is 5.56 Å². The standard InChI is InChI=1S/C25H25N5O/c1-4-19-9-11-20(12-10-19)25-21(15-27-30-23(26)13-17(2)14-24(30)31)16-29(28-25)22-8-6-5-7-18(22)3/h5-16H,4,26H2,1-3H3/b27-15-. The summed E-state index contributed by atoms with van der Waals surface area (Å²) in [6.07, 6.45) is 4.53. The van der Waals surface area contributed by atoms with E-state index in [0.29, 0.717) is 5.82 Å². The first kappa shape index (κ1) is 20.3. The smallest absolute Gasteiger partial charge is 0.273 e. The molecule has 0 saturated heterocycles. The van der Waals surface area contributed by atoms with Crippen LogP contribution in [0.2, 0.25) is 0 Å². The third-order valence-corrected chi connectivity index (χ3v) is 5.23. The molecule has 0 aliphatic heterocycles. The number of hydrogen-bond acceptors (Lipinski definition) is 4. The number of anilines is 1. The molecule has 0 bridgehead atoms. The summed E-state index contributed by atoms with van der Waals surface area (Å²) in [5.74, 6) is 0.293. The Kier molecular flexibility index (Phi) is 5.54. The first-order valence-electron chi connectivity index (χ1n) is 10.2. The first-order chi connectivity index (χ1) is 15.0. The van der Waals surface area contributed by atoms with Crippen molar-refractivity contribution in [3.05, 3.63) is 99.5 Å². The van der Waals surface area contributed by atoms with E-state index in [9.17, 15) is 4.79 Å². The molecule has 31 heavy (non-hydrogen) atoms. The van der Waals surface area contributed by atoms with Crippen molar-refractivity contribution in [3.8, 4) is 16.9 Å². The van der Waals surface area contributed by atoms with E-state index in [1.165, 1.54) is 16.3 Å². The highest BCUT2D eigenvalue weighted by Gasteiger charge is 2.13. The van der Waals surface area contributed by atoms with Crippen molar-refractivity contribution in [2.45, 2.75) is 27.2 Å². The van der Waals surface area contributed by atoms with Gasteiger partial charge in [-0.05, 0) is 49.1 Å². The van der Waals surface area contributed by atoms with Gasteiger partial charge in [0, 0.05) is 23.4 Å². The van der Waals surface area contributed by atoms with Gasteiger partial charge < -0.3 is 5.73 Å². The SMILES string of the molecule is CCc1ccc(-c2nn(-c3ccccc3C)cc2/C=N\n2c(N)cc(C)cc2=O)cc1. The quantitative estimate of drug-likeness (QED) is 0.496. The van der Waals surface area contributed by atoms with Crippen LogP contribution in [0.25, 0.3) is 16.9 Å². The van der Waals surface area contributed by atoms with Crippen molar-refractivity contribution in [1.29, 1.82) is 0 Å². The highest BCUT2D eigenvalue weighted by molar-refractivity contribution is 5.88. The topological polar surface area (TPSA) is 78.2 Å². The molecule has 0 amide bonds. The zero-order chi connectivity index (χ0) is 22.0. The highest BCUT2D eigenvalue weighted by atomic mass is 16.1. The van der Waals surface area contributed by atoms with Crippen LogP contribution in [-0.2, 0) is 6.42 Å². The Hall–Kier alpha value is -3.93. The average molecular weight is 412 g/mol. The van der Waals surface area contributed by atoms with Crippen LogP contribution >= 0.6 is 0 Å². The fourth-order valence-electron chi connectivity index (χ4n) is 3.51. The summed E-state index contributed by atoms with van der Waals surface area (Å²) in [6, 6.07) is 19.6. The number of nitrogens with two attached hydrogens (primary N) is 1. The van der Waals surface area contributed by atoms with Gasteiger partial charge in [-0.1, -0.05) is 49.4 Å². The van der Waals surface area contributed by atoms with Gasteiger partial charge in [0.15, 0.2) is 0 Å². The second kappa shape index (κ2) is 8.44. The molecule has 2 N–H and O–H groups in total. The molecule has 156 valence electrons. The lowest BCUT2D eigenvalue weighted by atomic mass is 10.1. The van der Waals surface area contributed by atoms with Gasteiger partial charge >= 0.3 is 0 Å². The largest absolute Gasteiger partial charge is 0.384 e. The predicted octanol–water partition coefficient (Wildman–Crippen LogP) is 4.34. The number of hydrogen-bond donors (Lipinski definition) is 1. The van der Waals surface area contributed by atoms with E-state index in [1.807, 2.05) is 49.0 Å². The van der Waals surface area contributed by atoms with Gasteiger partial charge in [0.05, 0.1) is 11.9 Å². The number of aryl methyl sites for hydroxylation is 3. The summed E-state index contributed by atoms with van der Waals surface area (Å²) in [5, 5.41) is 9.21. The van der Waals surface area contributed by atoms with E-state index in [1.54, 1.807) is 12.3 Å². The molecule has 0 aliphatic carbocycles. The van der Waals surface area contributed by atoms with Crippen molar-refractivity contribution in [2.24, 2.45) is 5.10 Å². The molecule has 0 unspecified atom stereocenters. The molecule has 2 aromatic heterocycles. The van der Waals surface area contributed by atoms with E-state index in [2.05, 4.69) is 36.3 Å². The summed E-state index contributed by atoms with van der Waals surface area (Å²) in [6.45, 7) is 6.01. The molecule has 6 nitrogen and oxygen atoms in total. The zero-order valence-corrected chi connectivity index (χ0v) is 17.9. The average Bonchev–Trinajstić information content (AvgIpc) is 3.17. The molecule has 0 atom stereocenters. The second-order valence-electron chi connectivity index (χ2n) is 7.57. The number of rotatable bonds is 5. The first-order valence-corrected chi connectivity index (χ1v) is 10.2. The maximum Gasteiger partial charge on any atom is 0.273 e. The van der Waals surface area contributed by atoms with Crippen molar-refractivity contribution < 1.29 is 0 Å². The minimum Gasteiger partial charge on any atom is -0.384 e. The van der Waals surface area contributed by atoms with Crippen LogP contribution in [0.15, 0.2) is 76.8 Å². The number of para-hydroxylation sites is 1. The van der Waals surface area contributed by atoms with Crippen LogP contribution in [0.3, 0.4) is 0 Å². The van der Waals surface area contributed by atoms with Gasteiger partial charge in [-0.2, -0.15) is 14.9 Å². The van der Waals surface area contributed by atoms with Crippen LogP contribution in [0.4, 0.5) is 5.82 Å². The molecule has 0 radical (unpaired) electrons. The molecular formula is C25H25N5O. The van der Waals surface area contributed by atoms with Crippen LogP contribution in [0.1, 0.15) is 29.2 Å². The Morgan fingerprint density at radius 1 is 1.06 bits per heavy atom. The molecule has 0 spiro atoms. The number of aromatic nitrogens is 3. The molecule has 0 aliphatic rings. The van der Waals surface area contributed by atoms with Crippen LogP contribution < -0.4 is 11.3 Å². The molecule has 4 rings (SSSR count). The second-order valence-corrected chi connectivity index (χ2v) is 7.57. The number of benzene rings is 2. The van der Waals surface area contributed by atoms with Crippen LogP contribution in [0.5, 0.6) is 0 Å². The summed E-state index contributed by atoms with van der Waals surface area (Å²) < 4.78 is 3.04. The molecule has 4 aromatic rings. The molecule has 2 aromatic carbocycles. The van der Waals surface area contributed by atoms with Gasteiger partial charge in [0.2, 0.25) is 0 Å². The minimum absolute atomic E-state index is 0.270.